The quantitative estimate of drug-likeness (QED) is 0.342. The first-order valence-corrected chi connectivity index (χ1v) is 16.6. The van der Waals surface area contributed by atoms with Crippen LogP contribution in [0.3, 0.4) is 0 Å². The second kappa shape index (κ2) is 10.6. The zero-order chi connectivity index (χ0) is 28.8. The lowest BCUT2D eigenvalue weighted by atomic mass is 9.82. The minimum Gasteiger partial charge on any atom is -0.497 e. The molecule has 3 amide bonds. The molecular weight excluding hydrogens is 533 g/mol. The number of carbonyl (C=O) groups is 3. The molecule has 3 aliphatic rings. The molecule has 2 saturated heterocycles. The third kappa shape index (κ3) is 4.80. The van der Waals surface area contributed by atoms with Crippen LogP contribution in [-0.2, 0) is 19.9 Å². The van der Waals surface area contributed by atoms with Gasteiger partial charge in [-0.2, -0.15) is 0 Å². The molecule has 214 valence electrons. The second-order valence-electron chi connectivity index (χ2n) is 11.4. The molecule has 1 spiro atoms. The number of aliphatic hydroxyl groups is 1. The van der Waals surface area contributed by atoms with Crippen LogP contribution in [0.15, 0.2) is 42.5 Å². The number of rotatable bonds is 7. The minimum absolute atomic E-state index is 0.0654. The Labute approximate surface area is 234 Å². The van der Waals surface area contributed by atoms with E-state index in [-0.39, 0.29) is 30.9 Å². The maximum atomic E-state index is 15.9. The van der Waals surface area contributed by atoms with Gasteiger partial charge in [-0.3, -0.25) is 14.4 Å². The van der Waals surface area contributed by atoms with E-state index in [1.165, 1.54) is 0 Å². The molecular formula is C29H36FN3O6Si. The van der Waals surface area contributed by atoms with E-state index in [1.54, 1.807) is 67.6 Å². The van der Waals surface area contributed by atoms with Gasteiger partial charge >= 0.3 is 0 Å². The first kappa shape index (κ1) is 28.3. The fourth-order valence-electron chi connectivity index (χ4n) is 6.73. The van der Waals surface area contributed by atoms with Crippen molar-refractivity contribution in [2.45, 2.75) is 62.6 Å². The van der Waals surface area contributed by atoms with Gasteiger partial charge in [-0.25, -0.2) is 0 Å². The fourth-order valence-corrected chi connectivity index (χ4v) is 9.23. The largest absolute Gasteiger partial charge is 0.497 e. The van der Waals surface area contributed by atoms with Crippen LogP contribution in [0.2, 0.25) is 18.6 Å². The molecule has 5 atom stereocenters. The number of fused-ring (bicyclic) bond motifs is 2. The van der Waals surface area contributed by atoms with E-state index in [0.717, 1.165) is 12.8 Å². The zero-order valence-electron chi connectivity index (χ0n) is 23.2. The summed E-state index contributed by atoms with van der Waals surface area (Å²) in [6.07, 6.45) is 0.658. The van der Waals surface area contributed by atoms with Crippen molar-refractivity contribution in [2.75, 3.05) is 30.9 Å². The third-order valence-electron chi connectivity index (χ3n) is 8.61. The smallest absolute Gasteiger partial charge is 0.261 e. The Bertz CT molecular complexity index is 1320. The van der Waals surface area contributed by atoms with Crippen molar-refractivity contribution in [3.63, 3.8) is 0 Å². The normalized spacial score (nSPS) is 27.6. The molecule has 0 saturated carbocycles. The van der Waals surface area contributed by atoms with Gasteiger partial charge in [-0.1, -0.05) is 6.92 Å². The molecule has 0 radical (unpaired) electrons. The van der Waals surface area contributed by atoms with E-state index in [4.69, 9.17) is 9.47 Å². The van der Waals surface area contributed by atoms with Gasteiger partial charge in [0.25, 0.3) is 11.8 Å². The van der Waals surface area contributed by atoms with Crippen molar-refractivity contribution in [2.24, 2.45) is 5.92 Å². The summed E-state index contributed by atoms with van der Waals surface area (Å²) in [7, 11) is -1.88. The fraction of sp³-hybridized carbons (Fsp3) is 0.483. The molecule has 0 aromatic heterocycles. The molecule has 3 aliphatic heterocycles. The first-order valence-electron chi connectivity index (χ1n) is 13.7. The highest BCUT2D eigenvalue weighted by molar-refractivity contribution is 6.72. The van der Waals surface area contributed by atoms with E-state index in [9.17, 15) is 19.5 Å². The number of benzene rings is 2. The molecule has 2 fully saturated rings. The third-order valence-corrected chi connectivity index (χ3v) is 11.1. The van der Waals surface area contributed by atoms with E-state index >= 15 is 4.11 Å². The van der Waals surface area contributed by atoms with Gasteiger partial charge in [0.15, 0.2) is 5.60 Å². The van der Waals surface area contributed by atoms with E-state index in [1.807, 2.05) is 6.92 Å². The maximum absolute atomic E-state index is 15.9. The molecule has 0 unspecified atom stereocenters. The van der Waals surface area contributed by atoms with Crippen LogP contribution in [-0.4, -0.2) is 68.5 Å². The predicted octanol–water partition coefficient (Wildman–Crippen LogP) is 4.05. The van der Waals surface area contributed by atoms with Crippen LogP contribution in [0.25, 0.3) is 0 Å². The number of halogens is 1. The Kier molecular flexibility index (Phi) is 7.49. The number of ether oxygens (including phenoxy) is 2. The molecule has 0 aliphatic carbocycles. The number of carbonyl (C=O) groups excluding carboxylic acids is 3. The molecule has 40 heavy (non-hydrogen) atoms. The van der Waals surface area contributed by atoms with Crippen LogP contribution in [0, 0.1) is 5.92 Å². The predicted molar refractivity (Wildman–Crippen MR) is 151 cm³/mol. The van der Waals surface area contributed by atoms with E-state index < -0.39 is 37.5 Å². The van der Waals surface area contributed by atoms with Crippen molar-refractivity contribution in [3.8, 4) is 5.75 Å². The summed E-state index contributed by atoms with van der Waals surface area (Å²) in [6.45, 7) is 5.40. The van der Waals surface area contributed by atoms with Crippen LogP contribution < -0.4 is 15.4 Å². The number of nitrogens with one attached hydrogen (secondary N) is 2. The molecule has 9 nitrogen and oxygen atoms in total. The number of aliphatic hydroxyl groups excluding tert-OH is 1. The second-order valence-corrected chi connectivity index (χ2v) is 15.2. The number of anilines is 2. The first-order chi connectivity index (χ1) is 19.0. The molecule has 3 N–H and O–H groups in total. The lowest BCUT2D eigenvalue weighted by molar-refractivity contribution is -0.148. The molecule has 11 heteroatoms. The van der Waals surface area contributed by atoms with E-state index in [2.05, 4.69) is 10.6 Å². The summed E-state index contributed by atoms with van der Waals surface area (Å²) in [6, 6.07) is 11.5. The van der Waals surface area contributed by atoms with Gasteiger partial charge in [-0.15, -0.1) is 0 Å². The molecule has 3 heterocycles. The zero-order valence-corrected chi connectivity index (χ0v) is 24.2. The van der Waals surface area contributed by atoms with Crippen molar-refractivity contribution >= 4 is 37.5 Å². The van der Waals surface area contributed by atoms with Gasteiger partial charge in [-0.05, 0) is 68.4 Å². The molecule has 0 bridgehead atoms. The van der Waals surface area contributed by atoms with Crippen LogP contribution >= 0.6 is 0 Å². The molecule has 2 aromatic carbocycles. The monoisotopic (exact) mass is 569 g/mol. The van der Waals surface area contributed by atoms with Crippen molar-refractivity contribution in [3.05, 3.63) is 53.6 Å². The average Bonchev–Trinajstić information content (AvgIpc) is 3.59. The lowest BCUT2D eigenvalue weighted by Crippen LogP contribution is -2.42. The Morgan fingerprint density at radius 2 is 1.98 bits per heavy atom. The van der Waals surface area contributed by atoms with Crippen LogP contribution in [0.1, 0.15) is 42.1 Å². The highest BCUT2D eigenvalue weighted by atomic mass is 28.4. The number of methoxy groups -OCH3 is 1. The summed E-state index contributed by atoms with van der Waals surface area (Å²) in [5.41, 5.74) is -0.178. The van der Waals surface area contributed by atoms with Gasteiger partial charge in [0, 0.05) is 40.5 Å². The summed E-state index contributed by atoms with van der Waals surface area (Å²) < 4.78 is 27.6. The molecule has 5 rings (SSSR count). The minimum atomic E-state index is -3.42. The van der Waals surface area contributed by atoms with Crippen molar-refractivity contribution in [1.82, 2.24) is 4.90 Å². The Hall–Kier alpha value is -3.28. The summed E-state index contributed by atoms with van der Waals surface area (Å²) in [5, 5.41) is 15.4. The average molecular weight is 570 g/mol. The number of amides is 3. The summed E-state index contributed by atoms with van der Waals surface area (Å²) in [5.74, 6) is -0.865. The number of likely N-dealkylation sites (tertiary alicyclic amines) is 1. The Balaban J connectivity index is 1.44. The van der Waals surface area contributed by atoms with Crippen LogP contribution in [0.5, 0.6) is 5.75 Å². The van der Waals surface area contributed by atoms with E-state index in [0.29, 0.717) is 34.8 Å². The van der Waals surface area contributed by atoms with Gasteiger partial charge in [0.2, 0.25) is 14.3 Å². The Morgan fingerprint density at radius 1 is 1.25 bits per heavy atom. The van der Waals surface area contributed by atoms with Gasteiger partial charge < -0.3 is 34.2 Å². The van der Waals surface area contributed by atoms with Crippen LogP contribution in [0.4, 0.5) is 15.5 Å². The number of hydrogen-bond acceptors (Lipinski definition) is 6. The number of hydrogen-bond donors (Lipinski definition) is 3. The van der Waals surface area contributed by atoms with Gasteiger partial charge in [0.05, 0.1) is 32.3 Å². The molecule has 2 aromatic rings. The highest BCUT2D eigenvalue weighted by Gasteiger charge is 2.65. The van der Waals surface area contributed by atoms with Crippen molar-refractivity contribution < 1.29 is 33.1 Å². The Morgan fingerprint density at radius 3 is 2.62 bits per heavy atom. The topological polar surface area (TPSA) is 117 Å². The van der Waals surface area contributed by atoms with Crippen molar-refractivity contribution in [1.29, 1.82) is 0 Å². The maximum Gasteiger partial charge on any atom is 0.261 e. The summed E-state index contributed by atoms with van der Waals surface area (Å²) >= 11 is 0. The number of nitrogens with zero attached hydrogens (tertiary/aromatic N) is 1. The lowest BCUT2D eigenvalue weighted by Gasteiger charge is -2.31. The highest BCUT2D eigenvalue weighted by Crippen LogP contribution is 2.59. The standard InChI is InChI=1S/C29H36FN3O6Si/c1-17-26(40(3,4)30)24(15-25(35)33-13-5-6-20(33)16-34)39-29(17)22-14-19(9-12-23(22)32-28(29)37)31-27(36)18-7-10-21(38-2)11-8-18/h7-12,14,17,20,24,26,34H,5-6,13,15-16H2,1-4H3,(H,31,36)(H,32,37)/t17-,20-,24+,26-,29+/m0/s1. The summed E-state index contributed by atoms with van der Waals surface area (Å²) in [4.78, 5) is 41.4. The SMILES string of the molecule is COc1ccc(C(=O)Nc2ccc3c(c2)[C@@]2(O[C@H](CC(=O)N4CCC[C@H]4CO)[C@@H]([Si](C)(C)F)[C@@H]2C)C(=O)N3)cc1. The van der Waals surface area contributed by atoms with Gasteiger partial charge in [0.1, 0.15) is 5.75 Å².